The first-order valence-corrected chi connectivity index (χ1v) is 6.09. The monoisotopic (exact) mass is 253 g/mol. The first-order valence-electron chi connectivity index (χ1n) is 6.09. The fraction of sp³-hybridized carbons (Fsp3) is 0.286. The summed E-state index contributed by atoms with van der Waals surface area (Å²) in [5.41, 5.74) is 2.54. The van der Waals surface area contributed by atoms with Gasteiger partial charge in [0, 0.05) is 18.0 Å². The van der Waals surface area contributed by atoms with E-state index in [-0.39, 0.29) is 6.54 Å². The maximum Gasteiger partial charge on any atom is 0.128 e. The number of allylic oxidation sites excluding steroid dienone is 1. The van der Waals surface area contributed by atoms with Crippen LogP contribution < -0.4 is 0 Å². The van der Waals surface area contributed by atoms with Crippen molar-refractivity contribution in [2.75, 3.05) is 0 Å². The maximum atomic E-state index is 8.75. The molecule has 0 saturated carbocycles. The molecular formula is C14H15N5. The van der Waals surface area contributed by atoms with Crippen molar-refractivity contribution in [1.82, 2.24) is 19.7 Å². The highest BCUT2D eigenvalue weighted by Crippen LogP contribution is 2.21. The summed E-state index contributed by atoms with van der Waals surface area (Å²) in [4.78, 5) is 8.14. The maximum absolute atomic E-state index is 8.75. The van der Waals surface area contributed by atoms with Crippen LogP contribution in [0.2, 0.25) is 0 Å². The molecule has 19 heavy (non-hydrogen) atoms. The molecule has 2 aromatic rings. The Labute approximate surface area is 112 Å². The summed E-state index contributed by atoms with van der Waals surface area (Å²) < 4.78 is 1.62. The van der Waals surface area contributed by atoms with E-state index in [2.05, 4.69) is 41.1 Å². The lowest BCUT2D eigenvalue weighted by molar-refractivity contribution is 0.707. The molecule has 0 aromatic carbocycles. The summed E-state index contributed by atoms with van der Waals surface area (Å²) in [5.74, 6) is 0.444. The molecule has 0 bridgehead atoms. The molecule has 96 valence electrons. The third kappa shape index (κ3) is 3.26. The molecule has 5 heteroatoms. The van der Waals surface area contributed by atoms with E-state index in [9.17, 15) is 0 Å². The Kier molecular flexibility index (Phi) is 4.04. The third-order valence-electron chi connectivity index (χ3n) is 2.52. The molecule has 0 aliphatic carbocycles. The van der Waals surface area contributed by atoms with Crippen molar-refractivity contribution in [2.45, 2.75) is 20.4 Å². The van der Waals surface area contributed by atoms with Gasteiger partial charge in [-0.05, 0) is 18.1 Å². The van der Waals surface area contributed by atoms with Gasteiger partial charge >= 0.3 is 0 Å². The molecule has 2 aromatic heterocycles. The fourth-order valence-electron chi connectivity index (χ4n) is 1.64. The molecule has 0 aliphatic heterocycles. The van der Waals surface area contributed by atoms with Crippen LogP contribution in [0.1, 0.15) is 19.5 Å². The molecule has 0 unspecified atom stereocenters. The Morgan fingerprint density at radius 1 is 1.47 bits per heavy atom. The third-order valence-corrected chi connectivity index (χ3v) is 2.52. The lowest BCUT2D eigenvalue weighted by Gasteiger charge is -1.97. The summed E-state index contributed by atoms with van der Waals surface area (Å²) >= 11 is 0. The largest absolute Gasteiger partial charge is 0.257 e. The number of hydrogen-bond acceptors (Lipinski definition) is 4. The first-order chi connectivity index (χ1) is 9.20. The molecule has 0 atom stereocenters. The predicted octanol–water partition coefficient (Wildman–Crippen LogP) is 2.53. The molecule has 0 aliphatic rings. The van der Waals surface area contributed by atoms with Gasteiger partial charge in [0.05, 0.1) is 17.5 Å². The van der Waals surface area contributed by atoms with Crippen LogP contribution in [0.15, 0.2) is 30.9 Å². The number of nitrogens with zero attached hydrogens (tertiary/aromatic N) is 5. The van der Waals surface area contributed by atoms with Crippen LogP contribution in [0.25, 0.3) is 17.3 Å². The average Bonchev–Trinajstić information content (AvgIpc) is 2.81. The van der Waals surface area contributed by atoms with Crippen LogP contribution in [0.5, 0.6) is 0 Å². The minimum atomic E-state index is 0.230. The molecule has 0 spiro atoms. The Balaban J connectivity index is 2.43. The highest BCUT2D eigenvalue weighted by Gasteiger charge is 2.09. The van der Waals surface area contributed by atoms with Crippen LogP contribution in [0.3, 0.4) is 0 Å². The van der Waals surface area contributed by atoms with E-state index < -0.39 is 0 Å². The van der Waals surface area contributed by atoms with Crippen LogP contribution in [0.4, 0.5) is 0 Å². The summed E-state index contributed by atoms with van der Waals surface area (Å²) in [6.45, 7) is 4.44. The minimum absolute atomic E-state index is 0.230. The molecule has 0 saturated heterocycles. The number of aromatic nitrogens is 4. The second-order valence-corrected chi connectivity index (χ2v) is 4.48. The SMILES string of the molecule is CC(C)/C=C/c1nn(CC#N)cc1-c1ccncn1. The van der Waals surface area contributed by atoms with Crippen molar-refractivity contribution in [3.05, 3.63) is 36.6 Å². The predicted molar refractivity (Wildman–Crippen MR) is 72.7 cm³/mol. The van der Waals surface area contributed by atoms with E-state index in [0.29, 0.717) is 5.92 Å². The standard InChI is InChI=1S/C14H15N5/c1-11(2)3-4-14-12(9-19(18-14)8-6-15)13-5-7-16-10-17-13/h3-5,7,9-11H,8H2,1-2H3/b4-3+. The van der Waals surface area contributed by atoms with Gasteiger partial charge in [-0.3, -0.25) is 4.68 Å². The molecule has 2 heterocycles. The van der Waals surface area contributed by atoms with Gasteiger partial charge in [0.1, 0.15) is 12.9 Å². The quantitative estimate of drug-likeness (QED) is 0.839. The summed E-state index contributed by atoms with van der Waals surface area (Å²) in [6.07, 6.45) is 9.08. The zero-order valence-electron chi connectivity index (χ0n) is 11.0. The Morgan fingerprint density at radius 2 is 2.32 bits per heavy atom. The van der Waals surface area contributed by atoms with Gasteiger partial charge in [0.25, 0.3) is 0 Å². The topological polar surface area (TPSA) is 67.4 Å². The van der Waals surface area contributed by atoms with E-state index in [1.807, 2.05) is 18.3 Å². The van der Waals surface area contributed by atoms with E-state index in [1.165, 1.54) is 6.33 Å². The molecule has 0 amide bonds. The van der Waals surface area contributed by atoms with Gasteiger partial charge in [-0.2, -0.15) is 10.4 Å². The fourth-order valence-corrected chi connectivity index (χ4v) is 1.64. The zero-order chi connectivity index (χ0) is 13.7. The first kappa shape index (κ1) is 13.0. The van der Waals surface area contributed by atoms with Crippen molar-refractivity contribution in [2.24, 2.45) is 5.92 Å². The normalized spacial score (nSPS) is 11.1. The molecule has 5 nitrogen and oxygen atoms in total. The lowest BCUT2D eigenvalue weighted by atomic mass is 10.1. The second kappa shape index (κ2) is 5.91. The highest BCUT2D eigenvalue weighted by atomic mass is 15.3. The van der Waals surface area contributed by atoms with E-state index in [1.54, 1.807) is 10.9 Å². The van der Waals surface area contributed by atoms with E-state index in [4.69, 9.17) is 5.26 Å². The number of rotatable bonds is 4. The van der Waals surface area contributed by atoms with E-state index in [0.717, 1.165) is 17.0 Å². The van der Waals surface area contributed by atoms with Gasteiger partial charge in [0.15, 0.2) is 0 Å². The van der Waals surface area contributed by atoms with Gasteiger partial charge in [-0.25, -0.2) is 9.97 Å². The van der Waals surface area contributed by atoms with Gasteiger partial charge in [-0.15, -0.1) is 0 Å². The van der Waals surface area contributed by atoms with Gasteiger partial charge in [0.2, 0.25) is 0 Å². The smallest absolute Gasteiger partial charge is 0.128 e. The Morgan fingerprint density at radius 3 is 2.95 bits per heavy atom. The van der Waals surface area contributed by atoms with Crippen molar-refractivity contribution >= 4 is 6.08 Å². The molecule has 0 radical (unpaired) electrons. The van der Waals surface area contributed by atoms with Crippen LogP contribution >= 0.6 is 0 Å². The van der Waals surface area contributed by atoms with Crippen molar-refractivity contribution in [3.63, 3.8) is 0 Å². The Bertz CT molecular complexity index is 605. The van der Waals surface area contributed by atoms with Crippen LogP contribution in [0, 0.1) is 17.2 Å². The summed E-state index contributed by atoms with van der Waals surface area (Å²) in [7, 11) is 0. The second-order valence-electron chi connectivity index (χ2n) is 4.48. The highest BCUT2D eigenvalue weighted by molar-refractivity contribution is 5.69. The van der Waals surface area contributed by atoms with Gasteiger partial charge < -0.3 is 0 Å². The number of nitriles is 1. The Hall–Kier alpha value is -2.48. The van der Waals surface area contributed by atoms with Crippen molar-refractivity contribution in [1.29, 1.82) is 5.26 Å². The lowest BCUT2D eigenvalue weighted by Crippen LogP contribution is -1.95. The van der Waals surface area contributed by atoms with Crippen molar-refractivity contribution in [3.8, 4) is 17.3 Å². The minimum Gasteiger partial charge on any atom is -0.257 e. The average molecular weight is 253 g/mol. The van der Waals surface area contributed by atoms with Crippen LogP contribution in [-0.4, -0.2) is 19.7 Å². The summed E-state index contributed by atoms with van der Waals surface area (Å²) in [6, 6.07) is 3.92. The molecule has 0 fully saturated rings. The summed E-state index contributed by atoms with van der Waals surface area (Å²) in [5, 5.41) is 13.1. The van der Waals surface area contributed by atoms with Crippen molar-refractivity contribution < 1.29 is 0 Å². The zero-order valence-corrected chi connectivity index (χ0v) is 11.0. The van der Waals surface area contributed by atoms with E-state index >= 15 is 0 Å². The molecule has 2 rings (SSSR count). The number of hydrogen-bond donors (Lipinski definition) is 0. The van der Waals surface area contributed by atoms with Crippen LogP contribution in [-0.2, 0) is 6.54 Å². The van der Waals surface area contributed by atoms with Gasteiger partial charge in [-0.1, -0.05) is 19.9 Å². The molecule has 0 N–H and O–H groups in total. The molecular weight excluding hydrogens is 238 g/mol.